The number of nitrogens with zero attached hydrogens (tertiary/aromatic N) is 3. The van der Waals surface area contributed by atoms with E-state index in [1.165, 1.54) is 23.0 Å². The summed E-state index contributed by atoms with van der Waals surface area (Å²) >= 11 is 0. The van der Waals surface area contributed by atoms with Crippen LogP contribution in [0.25, 0.3) is 11.2 Å². The number of nitrogens with one attached hydrogen (secondary N) is 1. The van der Waals surface area contributed by atoms with Crippen molar-refractivity contribution >= 4 is 11.2 Å². The maximum atomic E-state index is 13.9. The van der Waals surface area contributed by atoms with Gasteiger partial charge in [0.2, 0.25) is 0 Å². The highest BCUT2D eigenvalue weighted by atomic mass is 19.1. The van der Waals surface area contributed by atoms with Gasteiger partial charge >= 0.3 is 5.69 Å². The molecule has 132 valence electrons. The molecule has 2 N–H and O–H groups in total. The molecule has 0 aliphatic heterocycles. The van der Waals surface area contributed by atoms with E-state index >= 15 is 0 Å². The minimum absolute atomic E-state index is 0.0820. The fourth-order valence-corrected chi connectivity index (χ4v) is 2.78. The summed E-state index contributed by atoms with van der Waals surface area (Å²) in [4.78, 5) is 32.3. The van der Waals surface area contributed by atoms with Gasteiger partial charge < -0.3 is 10.1 Å². The topological polar surface area (TPSA) is 92.9 Å². The van der Waals surface area contributed by atoms with Gasteiger partial charge in [-0.25, -0.2) is 14.2 Å². The normalized spacial score (nSPS) is 12.6. The third-order valence-electron chi connectivity index (χ3n) is 4.36. The number of aromatic nitrogens is 4. The Hall–Kier alpha value is -2.74. The standard InChI is InChI=1S/C17H19FN4O3/c1-2-11(9-23)7-21-15-14(19-10-20-15)16(24)22(17(21)25)8-12-5-3-4-6-13(12)18/h3-6,10-11,23H,2,7-9H2,1H3,(H,19,20). The molecule has 25 heavy (non-hydrogen) atoms. The number of fused-ring (bicyclic) bond motifs is 1. The molecule has 0 aliphatic rings. The Morgan fingerprint density at radius 3 is 2.72 bits per heavy atom. The van der Waals surface area contributed by atoms with Gasteiger partial charge in [-0.2, -0.15) is 0 Å². The lowest BCUT2D eigenvalue weighted by Gasteiger charge is -2.16. The fourth-order valence-electron chi connectivity index (χ4n) is 2.78. The minimum Gasteiger partial charge on any atom is -0.396 e. The van der Waals surface area contributed by atoms with Gasteiger partial charge in [-0.1, -0.05) is 25.1 Å². The summed E-state index contributed by atoms with van der Waals surface area (Å²) in [6, 6.07) is 6.01. The second-order valence-electron chi connectivity index (χ2n) is 5.93. The summed E-state index contributed by atoms with van der Waals surface area (Å²) in [6.07, 6.45) is 2.01. The summed E-state index contributed by atoms with van der Waals surface area (Å²) in [6.45, 7) is 1.88. The van der Waals surface area contributed by atoms with Crippen LogP contribution in [0.3, 0.4) is 0 Å². The Morgan fingerprint density at radius 1 is 1.28 bits per heavy atom. The molecule has 0 saturated heterocycles. The van der Waals surface area contributed by atoms with E-state index in [-0.39, 0.29) is 42.3 Å². The molecule has 7 nitrogen and oxygen atoms in total. The summed E-state index contributed by atoms with van der Waals surface area (Å²) in [5.74, 6) is -0.621. The Balaban J connectivity index is 2.17. The first-order chi connectivity index (χ1) is 12.1. The second-order valence-corrected chi connectivity index (χ2v) is 5.93. The highest BCUT2D eigenvalue weighted by Gasteiger charge is 2.18. The van der Waals surface area contributed by atoms with E-state index < -0.39 is 17.1 Å². The van der Waals surface area contributed by atoms with Gasteiger partial charge in [0.25, 0.3) is 5.56 Å². The van der Waals surface area contributed by atoms with E-state index in [1.807, 2.05) is 6.92 Å². The molecule has 1 atom stereocenters. The average molecular weight is 346 g/mol. The van der Waals surface area contributed by atoms with Crippen LogP contribution in [0.4, 0.5) is 4.39 Å². The van der Waals surface area contributed by atoms with Crippen molar-refractivity contribution in [2.24, 2.45) is 5.92 Å². The van der Waals surface area contributed by atoms with Gasteiger partial charge in [0.15, 0.2) is 5.65 Å². The smallest absolute Gasteiger partial charge is 0.333 e. The molecule has 1 unspecified atom stereocenters. The first-order valence-corrected chi connectivity index (χ1v) is 8.07. The number of aliphatic hydroxyl groups is 1. The molecular weight excluding hydrogens is 327 g/mol. The van der Waals surface area contributed by atoms with E-state index in [1.54, 1.807) is 12.1 Å². The van der Waals surface area contributed by atoms with E-state index in [0.29, 0.717) is 6.42 Å². The Kier molecular flexibility index (Phi) is 4.80. The van der Waals surface area contributed by atoms with E-state index in [0.717, 1.165) is 4.57 Å². The van der Waals surface area contributed by atoms with Gasteiger partial charge in [0, 0.05) is 18.7 Å². The molecule has 8 heteroatoms. The quantitative estimate of drug-likeness (QED) is 0.699. The van der Waals surface area contributed by atoms with Crippen LogP contribution < -0.4 is 11.2 Å². The molecule has 0 fully saturated rings. The van der Waals surface area contributed by atoms with Crippen molar-refractivity contribution in [2.45, 2.75) is 26.4 Å². The van der Waals surface area contributed by atoms with Crippen LogP contribution in [0.1, 0.15) is 18.9 Å². The number of halogens is 1. The number of rotatable bonds is 6. The highest BCUT2D eigenvalue weighted by Crippen LogP contribution is 2.10. The van der Waals surface area contributed by atoms with E-state index in [4.69, 9.17) is 0 Å². The first-order valence-electron chi connectivity index (χ1n) is 8.07. The van der Waals surface area contributed by atoms with Gasteiger partial charge in [-0.3, -0.25) is 13.9 Å². The zero-order valence-corrected chi connectivity index (χ0v) is 13.8. The van der Waals surface area contributed by atoms with Gasteiger partial charge in [-0.05, 0) is 18.4 Å². The minimum atomic E-state index is -0.570. The largest absolute Gasteiger partial charge is 0.396 e. The number of aliphatic hydroxyl groups excluding tert-OH is 1. The third kappa shape index (κ3) is 3.12. The molecule has 0 radical (unpaired) electrons. The SMILES string of the molecule is CCC(CO)Cn1c(=O)n(Cc2ccccc2F)c(=O)c2[nH]cnc21. The third-order valence-corrected chi connectivity index (χ3v) is 4.36. The van der Waals surface area contributed by atoms with Crippen LogP contribution in [-0.2, 0) is 13.1 Å². The molecule has 0 aliphatic carbocycles. The van der Waals surface area contributed by atoms with Gasteiger partial charge in [-0.15, -0.1) is 0 Å². The molecule has 0 spiro atoms. The highest BCUT2D eigenvalue weighted by molar-refractivity contribution is 5.68. The molecule has 0 amide bonds. The lowest BCUT2D eigenvalue weighted by molar-refractivity contribution is 0.206. The molecule has 0 bridgehead atoms. The van der Waals surface area contributed by atoms with Crippen molar-refractivity contribution in [3.05, 3.63) is 62.8 Å². The summed E-state index contributed by atoms with van der Waals surface area (Å²) < 4.78 is 16.3. The number of H-pyrrole nitrogens is 1. The van der Waals surface area contributed by atoms with Crippen molar-refractivity contribution in [2.75, 3.05) is 6.61 Å². The predicted octanol–water partition coefficient (Wildman–Crippen LogP) is 1.09. The molecular formula is C17H19FN4O3. The monoisotopic (exact) mass is 346 g/mol. The Labute approximate surface area is 142 Å². The molecule has 3 aromatic rings. The lowest BCUT2D eigenvalue weighted by Crippen LogP contribution is -2.41. The maximum absolute atomic E-state index is 13.9. The number of aromatic amines is 1. The fraction of sp³-hybridized carbons (Fsp3) is 0.353. The van der Waals surface area contributed by atoms with E-state index in [9.17, 15) is 19.1 Å². The van der Waals surface area contributed by atoms with Crippen molar-refractivity contribution in [3.8, 4) is 0 Å². The predicted molar refractivity (Wildman–Crippen MR) is 91.0 cm³/mol. The maximum Gasteiger partial charge on any atom is 0.333 e. The Morgan fingerprint density at radius 2 is 2.04 bits per heavy atom. The van der Waals surface area contributed by atoms with Crippen LogP contribution in [0.5, 0.6) is 0 Å². The number of hydrogen-bond acceptors (Lipinski definition) is 4. The lowest BCUT2D eigenvalue weighted by atomic mass is 10.1. The first kappa shape index (κ1) is 17.1. The van der Waals surface area contributed by atoms with Crippen molar-refractivity contribution < 1.29 is 9.50 Å². The Bertz CT molecular complexity index is 1000. The van der Waals surface area contributed by atoms with Crippen LogP contribution >= 0.6 is 0 Å². The van der Waals surface area contributed by atoms with Crippen LogP contribution in [0.2, 0.25) is 0 Å². The van der Waals surface area contributed by atoms with Crippen LogP contribution in [-0.4, -0.2) is 30.8 Å². The molecule has 2 heterocycles. The summed E-state index contributed by atoms with van der Waals surface area (Å²) in [5.41, 5.74) is -0.439. The number of benzene rings is 1. The van der Waals surface area contributed by atoms with Crippen LogP contribution in [0, 0.1) is 11.7 Å². The number of hydrogen-bond donors (Lipinski definition) is 2. The van der Waals surface area contributed by atoms with Crippen molar-refractivity contribution in [3.63, 3.8) is 0 Å². The summed E-state index contributed by atoms with van der Waals surface area (Å²) in [7, 11) is 0. The zero-order chi connectivity index (χ0) is 18.0. The zero-order valence-electron chi connectivity index (χ0n) is 13.8. The molecule has 0 saturated carbocycles. The van der Waals surface area contributed by atoms with E-state index in [2.05, 4.69) is 9.97 Å². The number of imidazole rings is 1. The molecule has 3 rings (SSSR count). The molecule has 1 aromatic carbocycles. The average Bonchev–Trinajstić information content (AvgIpc) is 3.10. The van der Waals surface area contributed by atoms with Crippen molar-refractivity contribution in [1.82, 2.24) is 19.1 Å². The van der Waals surface area contributed by atoms with Crippen LogP contribution in [0.15, 0.2) is 40.2 Å². The second kappa shape index (κ2) is 7.02. The van der Waals surface area contributed by atoms with Crippen molar-refractivity contribution in [1.29, 1.82) is 0 Å². The summed E-state index contributed by atoms with van der Waals surface area (Å²) in [5, 5.41) is 9.43. The molecule has 2 aromatic heterocycles. The van der Waals surface area contributed by atoms with Gasteiger partial charge in [0.1, 0.15) is 11.3 Å². The van der Waals surface area contributed by atoms with Gasteiger partial charge in [0.05, 0.1) is 12.9 Å².